The van der Waals surface area contributed by atoms with Crippen LogP contribution in [-0.4, -0.2) is 31.3 Å². The van der Waals surface area contributed by atoms with Crippen LogP contribution in [0.4, 0.5) is 0 Å². The zero-order valence-corrected chi connectivity index (χ0v) is 16.0. The monoisotopic (exact) mass is 364 g/mol. The van der Waals surface area contributed by atoms with Gasteiger partial charge in [0.2, 0.25) is 0 Å². The van der Waals surface area contributed by atoms with E-state index < -0.39 is 7.26 Å². The number of nitrogens with zero attached hydrogens (tertiary/aromatic N) is 1. The van der Waals surface area contributed by atoms with Crippen LogP contribution in [0, 0.1) is 0 Å². The summed E-state index contributed by atoms with van der Waals surface area (Å²) in [6.45, 7) is 0. The molecule has 3 rings (SSSR count). The van der Waals surface area contributed by atoms with Crippen LogP contribution in [0.25, 0.3) is 0 Å². The molecule has 0 bridgehead atoms. The van der Waals surface area contributed by atoms with Gasteiger partial charge in [0.05, 0.1) is 7.11 Å². The molecule has 4 heteroatoms. The summed E-state index contributed by atoms with van der Waals surface area (Å²) in [4.78, 5) is 18.1. The minimum Gasteiger partial charge on any atom is -0.274 e. The number of amides is 1. The van der Waals surface area contributed by atoms with Crippen molar-refractivity contribution in [3.05, 3.63) is 91.0 Å². The van der Waals surface area contributed by atoms with E-state index in [1.807, 2.05) is 54.6 Å². The molecule has 132 valence electrons. The fourth-order valence-corrected chi connectivity index (χ4v) is 7.26. The van der Waals surface area contributed by atoms with Gasteiger partial charge in [0.1, 0.15) is 23.2 Å². The second kappa shape index (κ2) is 8.27. The van der Waals surface area contributed by atoms with Gasteiger partial charge >= 0.3 is 0 Å². The Morgan fingerprint density at radius 1 is 0.769 bits per heavy atom. The molecule has 3 aromatic carbocycles. The van der Waals surface area contributed by atoms with Gasteiger partial charge in [-0.05, 0) is 36.4 Å². The topological polar surface area (TPSA) is 29.5 Å². The van der Waals surface area contributed by atoms with Crippen LogP contribution >= 0.6 is 7.26 Å². The number of carbonyl (C=O) groups excluding carboxylic acids is 1. The predicted octanol–water partition coefficient (Wildman–Crippen LogP) is 3.00. The molecule has 1 amide bonds. The van der Waals surface area contributed by atoms with E-state index in [-0.39, 0.29) is 5.91 Å². The normalized spacial score (nSPS) is 11.2. The van der Waals surface area contributed by atoms with Crippen molar-refractivity contribution in [1.82, 2.24) is 5.06 Å². The van der Waals surface area contributed by atoms with Crippen molar-refractivity contribution >= 4 is 29.1 Å². The van der Waals surface area contributed by atoms with Gasteiger partial charge in [0, 0.05) is 7.05 Å². The van der Waals surface area contributed by atoms with E-state index in [4.69, 9.17) is 4.84 Å². The maximum absolute atomic E-state index is 12.9. The van der Waals surface area contributed by atoms with Crippen molar-refractivity contribution < 1.29 is 9.63 Å². The summed E-state index contributed by atoms with van der Waals surface area (Å²) in [5.41, 5.74) is 0. The highest BCUT2D eigenvalue weighted by Crippen LogP contribution is 2.55. The third-order valence-corrected chi connectivity index (χ3v) is 8.87. The highest BCUT2D eigenvalue weighted by Gasteiger charge is 2.47. The van der Waals surface area contributed by atoms with Crippen LogP contribution in [0.15, 0.2) is 91.0 Å². The van der Waals surface area contributed by atoms with Crippen LogP contribution in [-0.2, 0) is 9.63 Å². The summed E-state index contributed by atoms with van der Waals surface area (Å²) in [6, 6.07) is 31.1. The fourth-order valence-electron chi connectivity index (χ4n) is 3.17. The Bertz CT molecular complexity index is 741. The molecular formula is C22H23NO2P+. The van der Waals surface area contributed by atoms with Gasteiger partial charge in [-0.2, -0.15) is 0 Å². The zero-order valence-electron chi connectivity index (χ0n) is 15.1. The molecule has 0 fully saturated rings. The Morgan fingerprint density at radius 2 is 1.12 bits per heavy atom. The Morgan fingerprint density at radius 3 is 1.42 bits per heavy atom. The van der Waals surface area contributed by atoms with Crippen molar-refractivity contribution in [3.63, 3.8) is 0 Å². The maximum atomic E-state index is 12.9. The number of hydrogen-bond donors (Lipinski definition) is 0. The molecule has 26 heavy (non-hydrogen) atoms. The van der Waals surface area contributed by atoms with Gasteiger partial charge in [-0.1, -0.05) is 54.6 Å². The quantitative estimate of drug-likeness (QED) is 0.497. The van der Waals surface area contributed by atoms with Crippen molar-refractivity contribution in [3.8, 4) is 0 Å². The molecule has 0 aliphatic heterocycles. The molecular weight excluding hydrogens is 341 g/mol. The molecule has 0 atom stereocenters. The third-order valence-electron chi connectivity index (χ3n) is 4.59. The molecule has 0 unspecified atom stereocenters. The predicted molar refractivity (Wildman–Crippen MR) is 110 cm³/mol. The third kappa shape index (κ3) is 3.55. The molecule has 0 saturated carbocycles. The summed E-state index contributed by atoms with van der Waals surface area (Å²) in [5.74, 6) is -0.0302. The summed E-state index contributed by atoms with van der Waals surface area (Å²) >= 11 is 0. The molecule has 0 aliphatic rings. The van der Waals surface area contributed by atoms with E-state index in [2.05, 4.69) is 36.4 Å². The highest BCUT2D eigenvalue weighted by atomic mass is 31.2. The van der Waals surface area contributed by atoms with Crippen LogP contribution in [0.3, 0.4) is 0 Å². The standard InChI is InChI=1S/C22H23NO2P/c1-23(25-2)22(24)18-26(19-12-6-3-7-13-19,20-14-8-4-9-15-20)21-16-10-5-11-17-21/h3-17H,18H2,1-2H3/q+1. The van der Waals surface area contributed by atoms with Gasteiger partial charge in [-0.25, -0.2) is 5.06 Å². The molecule has 0 saturated heterocycles. The molecule has 3 aromatic rings. The van der Waals surface area contributed by atoms with Crippen LogP contribution in [0.1, 0.15) is 0 Å². The van der Waals surface area contributed by atoms with Crippen molar-refractivity contribution in [2.75, 3.05) is 20.3 Å². The van der Waals surface area contributed by atoms with Crippen LogP contribution in [0.2, 0.25) is 0 Å². The first kappa shape index (κ1) is 18.3. The van der Waals surface area contributed by atoms with Gasteiger partial charge < -0.3 is 0 Å². The van der Waals surface area contributed by atoms with E-state index in [0.29, 0.717) is 6.16 Å². The minimum absolute atomic E-state index is 0.0302. The molecule has 0 aliphatic carbocycles. The van der Waals surface area contributed by atoms with E-state index >= 15 is 0 Å². The molecule has 0 N–H and O–H groups in total. The van der Waals surface area contributed by atoms with Crippen molar-refractivity contribution in [1.29, 1.82) is 0 Å². The summed E-state index contributed by atoms with van der Waals surface area (Å²) < 4.78 is 0. The second-order valence-corrected chi connectivity index (χ2v) is 9.53. The van der Waals surface area contributed by atoms with Gasteiger partial charge in [-0.3, -0.25) is 9.63 Å². The highest BCUT2D eigenvalue weighted by molar-refractivity contribution is 7.96. The van der Waals surface area contributed by atoms with E-state index in [1.54, 1.807) is 7.05 Å². The first-order valence-corrected chi connectivity index (χ1v) is 10.5. The Balaban J connectivity index is 2.26. The first-order chi connectivity index (χ1) is 12.7. The lowest BCUT2D eigenvalue weighted by Gasteiger charge is -2.28. The first-order valence-electron chi connectivity index (χ1n) is 8.54. The lowest BCUT2D eigenvalue weighted by Crippen LogP contribution is -2.39. The number of hydroxylamine groups is 2. The van der Waals surface area contributed by atoms with E-state index in [0.717, 1.165) is 0 Å². The largest absolute Gasteiger partial charge is 0.284 e. The summed E-state index contributed by atoms with van der Waals surface area (Å²) in [6.07, 6.45) is 0.384. The average molecular weight is 364 g/mol. The Labute approximate surface area is 155 Å². The molecule has 3 nitrogen and oxygen atoms in total. The van der Waals surface area contributed by atoms with Crippen LogP contribution in [0.5, 0.6) is 0 Å². The lowest BCUT2D eigenvalue weighted by molar-refractivity contribution is -0.165. The smallest absolute Gasteiger partial charge is 0.274 e. The second-order valence-electron chi connectivity index (χ2n) is 6.05. The maximum Gasteiger partial charge on any atom is 0.284 e. The Kier molecular flexibility index (Phi) is 5.82. The minimum atomic E-state index is -2.15. The van der Waals surface area contributed by atoms with E-state index in [9.17, 15) is 4.79 Å². The molecule has 0 aromatic heterocycles. The SMILES string of the molecule is CON(C)C(=O)C[P+](c1ccccc1)(c1ccccc1)c1ccccc1. The summed E-state index contributed by atoms with van der Waals surface area (Å²) in [7, 11) is 1.04. The number of carbonyl (C=O) groups is 1. The average Bonchev–Trinajstić information content (AvgIpc) is 2.73. The van der Waals surface area contributed by atoms with Gasteiger partial charge in [0.15, 0.2) is 6.16 Å². The van der Waals surface area contributed by atoms with Gasteiger partial charge in [-0.15, -0.1) is 0 Å². The number of benzene rings is 3. The number of rotatable bonds is 6. The molecule has 0 heterocycles. The summed E-state index contributed by atoms with van der Waals surface area (Å²) in [5, 5.41) is 4.89. The van der Waals surface area contributed by atoms with Crippen molar-refractivity contribution in [2.24, 2.45) is 0 Å². The lowest BCUT2D eigenvalue weighted by atomic mass is 10.4. The Hall–Kier alpha value is -2.48. The van der Waals surface area contributed by atoms with Crippen molar-refractivity contribution in [2.45, 2.75) is 0 Å². The zero-order chi connectivity index (χ0) is 18.4. The van der Waals surface area contributed by atoms with E-state index in [1.165, 1.54) is 28.1 Å². The van der Waals surface area contributed by atoms with Crippen LogP contribution < -0.4 is 15.9 Å². The number of hydrogen-bond acceptors (Lipinski definition) is 2. The fraction of sp³-hybridized carbons (Fsp3) is 0.136. The molecule has 0 radical (unpaired) electrons. The molecule has 0 spiro atoms. The van der Waals surface area contributed by atoms with Gasteiger partial charge in [0.25, 0.3) is 5.91 Å².